The highest BCUT2D eigenvalue weighted by Crippen LogP contribution is 2.06. The third kappa shape index (κ3) is 5.77. The largest absolute Gasteiger partial charge is 0.297 e. The minimum absolute atomic E-state index is 0.0752. The Morgan fingerprint density at radius 2 is 1.85 bits per heavy atom. The van der Waals surface area contributed by atoms with Crippen LogP contribution in [0.4, 0.5) is 0 Å². The number of hydrogen-bond acceptors (Lipinski definition) is 3. The molecule has 3 nitrogen and oxygen atoms in total. The molecule has 0 spiro atoms. The van der Waals surface area contributed by atoms with Gasteiger partial charge in [0, 0.05) is 6.54 Å². The zero-order valence-corrected chi connectivity index (χ0v) is 9.26. The number of carbonyl (C=O) groups excluding carboxylic acids is 1. The van der Waals surface area contributed by atoms with E-state index in [1.165, 1.54) is 0 Å². The average Bonchev–Trinajstić information content (AvgIpc) is 1.95. The minimum Gasteiger partial charge on any atom is -0.297 e. The number of rotatable bonds is 6. The lowest BCUT2D eigenvalue weighted by atomic mass is 10.0. The van der Waals surface area contributed by atoms with Crippen LogP contribution in [0.15, 0.2) is 0 Å². The standard InChI is InChI=1S/C10H21NO2/c1-7(2)6-11-13-10(8(3)4)9(5)12/h7-8,10-11H,6H2,1-5H3. The first-order chi connectivity index (χ1) is 5.95. The molecule has 0 aromatic rings. The van der Waals surface area contributed by atoms with Gasteiger partial charge in [-0.25, -0.2) is 5.48 Å². The third-order valence-electron chi connectivity index (χ3n) is 1.71. The van der Waals surface area contributed by atoms with Gasteiger partial charge in [0.2, 0.25) is 0 Å². The van der Waals surface area contributed by atoms with Crippen molar-refractivity contribution in [3.8, 4) is 0 Å². The zero-order valence-electron chi connectivity index (χ0n) is 9.26. The summed E-state index contributed by atoms with van der Waals surface area (Å²) in [5.41, 5.74) is 2.83. The van der Waals surface area contributed by atoms with Crippen LogP contribution in [0, 0.1) is 11.8 Å². The predicted octanol–water partition coefficient (Wildman–Crippen LogP) is 1.78. The van der Waals surface area contributed by atoms with Crippen LogP contribution in [0.2, 0.25) is 0 Å². The van der Waals surface area contributed by atoms with Gasteiger partial charge in [-0.15, -0.1) is 0 Å². The second-order valence-electron chi connectivity index (χ2n) is 4.14. The lowest BCUT2D eigenvalue weighted by Gasteiger charge is -2.19. The van der Waals surface area contributed by atoms with E-state index in [4.69, 9.17) is 4.84 Å². The summed E-state index contributed by atoms with van der Waals surface area (Å²) in [6, 6.07) is 0. The second-order valence-corrected chi connectivity index (χ2v) is 4.14. The fraction of sp³-hybridized carbons (Fsp3) is 0.900. The first-order valence-electron chi connectivity index (χ1n) is 4.84. The molecule has 1 unspecified atom stereocenters. The topological polar surface area (TPSA) is 38.3 Å². The summed E-state index contributed by atoms with van der Waals surface area (Å²) in [5, 5.41) is 0. The van der Waals surface area contributed by atoms with Crippen LogP contribution >= 0.6 is 0 Å². The van der Waals surface area contributed by atoms with Gasteiger partial charge in [-0.2, -0.15) is 0 Å². The maximum atomic E-state index is 11.1. The molecule has 0 bridgehead atoms. The molecule has 1 N–H and O–H groups in total. The first kappa shape index (κ1) is 12.6. The van der Waals surface area contributed by atoms with Gasteiger partial charge in [0.25, 0.3) is 0 Å². The Morgan fingerprint density at radius 3 is 2.15 bits per heavy atom. The fourth-order valence-electron chi connectivity index (χ4n) is 0.993. The Bertz CT molecular complexity index is 155. The van der Waals surface area contributed by atoms with Crippen molar-refractivity contribution >= 4 is 5.78 Å². The smallest absolute Gasteiger partial charge is 0.160 e. The van der Waals surface area contributed by atoms with Crippen molar-refractivity contribution in [3.05, 3.63) is 0 Å². The Hall–Kier alpha value is -0.410. The highest BCUT2D eigenvalue weighted by Gasteiger charge is 2.19. The molecule has 0 aromatic heterocycles. The van der Waals surface area contributed by atoms with E-state index in [-0.39, 0.29) is 17.8 Å². The molecule has 0 aliphatic carbocycles. The van der Waals surface area contributed by atoms with Gasteiger partial charge in [0.1, 0.15) is 6.10 Å². The van der Waals surface area contributed by atoms with Crippen LogP contribution in [0.1, 0.15) is 34.6 Å². The lowest BCUT2D eigenvalue weighted by Crippen LogP contribution is -2.35. The predicted molar refractivity (Wildman–Crippen MR) is 53.2 cm³/mol. The summed E-state index contributed by atoms with van der Waals surface area (Å²) in [6.07, 6.45) is -0.321. The van der Waals surface area contributed by atoms with Crippen molar-refractivity contribution in [2.24, 2.45) is 11.8 Å². The molecule has 78 valence electrons. The fourth-order valence-corrected chi connectivity index (χ4v) is 0.993. The molecule has 0 saturated carbocycles. The van der Waals surface area contributed by atoms with Gasteiger partial charge in [-0.05, 0) is 18.8 Å². The van der Waals surface area contributed by atoms with Gasteiger partial charge in [0.15, 0.2) is 5.78 Å². The Labute approximate surface area is 80.8 Å². The summed E-state index contributed by atoms with van der Waals surface area (Å²) < 4.78 is 0. The highest BCUT2D eigenvalue weighted by molar-refractivity contribution is 5.80. The number of Topliss-reactive ketones (excluding diaryl/α,β-unsaturated/α-hetero) is 1. The van der Waals surface area contributed by atoms with Crippen molar-refractivity contribution in [1.82, 2.24) is 5.48 Å². The van der Waals surface area contributed by atoms with Crippen LogP contribution < -0.4 is 5.48 Å². The Morgan fingerprint density at radius 1 is 1.31 bits per heavy atom. The number of carbonyl (C=O) groups is 1. The van der Waals surface area contributed by atoms with Crippen molar-refractivity contribution in [1.29, 1.82) is 0 Å². The van der Waals surface area contributed by atoms with Crippen molar-refractivity contribution in [2.45, 2.75) is 40.7 Å². The maximum absolute atomic E-state index is 11.1. The van der Waals surface area contributed by atoms with Crippen LogP contribution in [0.25, 0.3) is 0 Å². The molecule has 0 aliphatic heterocycles. The van der Waals surface area contributed by atoms with Crippen LogP contribution in [0.3, 0.4) is 0 Å². The summed E-state index contributed by atoms with van der Waals surface area (Å²) in [7, 11) is 0. The van der Waals surface area contributed by atoms with E-state index in [9.17, 15) is 4.79 Å². The van der Waals surface area contributed by atoms with Gasteiger partial charge in [-0.3, -0.25) is 9.63 Å². The highest BCUT2D eigenvalue weighted by atomic mass is 16.7. The molecule has 13 heavy (non-hydrogen) atoms. The Balaban J connectivity index is 3.77. The van der Waals surface area contributed by atoms with Gasteiger partial charge in [-0.1, -0.05) is 27.7 Å². The number of hydrogen-bond donors (Lipinski definition) is 1. The SMILES string of the molecule is CC(=O)C(ONCC(C)C)C(C)C. The van der Waals surface area contributed by atoms with Gasteiger partial charge >= 0.3 is 0 Å². The summed E-state index contributed by atoms with van der Waals surface area (Å²) in [5.74, 6) is 0.822. The molecule has 0 saturated heterocycles. The van der Waals surface area contributed by atoms with E-state index in [0.29, 0.717) is 5.92 Å². The number of nitrogens with one attached hydrogen (secondary N) is 1. The monoisotopic (exact) mass is 187 g/mol. The van der Waals surface area contributed by atoms with Crippen LogP contribution in [-0.2, 0) is 9.63 Å². The quantitative estimate of drug-likeness (QED) is 0.644. The van der Waals surface area contributed by atoms with Gasteiger partial charge in [0.05, 0.1) is 0 Å². The maximum Gasteiger partial charge on any atom is 0.160 e. The molecule has 0 rings (SSSR count). The zero-order chi connectivity index (χ0) is 10.4. The molecule has 0 fully saturated rings. The molecule has 1 atom stereocenters. The molecular weight excluding hydrogens is 166 g/mol. The van der Waals surface area contributed by atoms with Crippen molar-refractivity contribution in [3.63, 3.8) is 0 Å². The van der Waals surface area contributed by atoms with E-state index in [2.05, 4.69) is 19.3 Å². The van der Waals surface area contributed by atoms with Crippen molar-refractivity contribution < 1.29 is 9.63 Å². The minimum atomic E-state index is -0.321. The molecule has 0 aliphatic rings. The molecular formula is C10H21NO2. The van der Waals surface area contributed by atoms with Crippen molar-refractivity contribution in [2.75, 3.05) is 6.54 Å². The van der Waals surface area contributed by atoms with Crippen LogP contribution in [-0.4, -0.2) is 18.4 Å². The first-order valence-corrected chi connectivity index (χ1v) is 4.84. The summed E-state index contributed by atoms with van der Waals surface area (Å²) in [6.45, 7) is 10.5. The van der Waals surface area contributed by atoms with Gasteiger partial charge < -0.3 is 0 Å². The van der Waals surface area contributed by atoms with E-state index < -0.39 is 0 Å². The average molecular weight is 187 g/mol. The van der Waals surface area contributed by atoms with E-state index in [1.807, 2.05) is 13.8 Å². The molecule has 0 radical (unpaired) electrons. The molecule has 3 heteroatoms. The molecule has 0 aromatic carbocycles. The van der Waals surface area contributed by atoms with Crippen LogP contribution in [0.5, 0.6) is 0 Å². The van der Waals surface area contributed by atoms with E-state index >= 15 is 0 Å². The third-order valence-corrected chi connectivity index (χ3v) is 1.71. The number of ketones is 1. The molecule has 0 heterocycles. The molecule has 0 amide bonds. The second kappa shape index (κ2) is 6.11. The summed E-state index contributed by atoms with van der Waals surface area (Å²) in [4.78, 5) is 16.4. The lowest BCUT2D eigenvalue weighted by molar-refractivity contribution is -0.138. The normalized spacial score (nSPS) is 13.8. The number of hydroxylamine groups is 1. The summed E-state index contributed by atoms with van der Waals surface area (Å²) >= 11 is 0. The van der Waals surface area contributed by atoms with E-state index in [0.717, 1.165) is 6.54 Å². The Kier molecular flexibility index (Phi) is 5.91. The van der Waals surface area contributed by atoms with E-state index in [1.54, 1.807) is 6.92 Å².